The van der Waals surface area contributed by atoms with Crippen LogP contribution in [-0.2, 0) is 0 Å². The van der Waals surface area contributed by atoms with E-state index in [0.29, 0.717) is 0 Å². The summed E-state index contributed by atoms with van der Waals surface area (Å²) in [7, 11) is 0. The lowest BCUT2D eigenvalue weighted by Crippen LogP contribution is -2.21. The summed E-state index contributed by atoms with van der Waals surface area (Å²) < 4.78 is 5.65. The number of ether oxygens (including phenoxy) is 1. The predicted molar refractivity (Wildman–Crippen MR) is 86.8 cm³/mol. The summed E-state index contributed by atoms with van der Waals surface area (Å²) in [6, 6.07) is 10.9. The third kappa shape index (κ3) is 3.62. The molecule has 1 unspecified atom stereocenters. The van der Waals surface area contributed by atoms with Gasteiger partial charge in [-0.15, -0.1) is 11.3 Å². The van der Waals surface area contributed by atoms with E-state index in [1.807, 2.05) is 11.3 Å². The molecule has 0 radical (unpaired) electrons. The highest BCUT2D eigenvalue weighted by Gasteiger charge is 2.16. The van der Waals surface area contributed by atoms with E-state index in [0.717, 1.165) is 25.3 Å². The zero-order chi connectivity index (χ0) is 14.4. The fourth-order valence-corrected chi connectivity index (χ4v) is 3.25. The van der Waals surface area contributed by atoms with Crippen molar-refractivity contribution >= 4 is 11.3 Å². The standard InChI is InChI=1S/C17H23NOS/c1-4-11-19-15-8-6-14(7-9-15)16(18-5-2)17-13(3)10-12-20-17/h6-10,12,16,18H,4-5,11H2,1-3H3. The van der Waals surface area contributed by atoms with E-state index in [9.17, 15) is 0 Å². The van der Waals surface area contributed by atoms with Crippen LogP contribution < -0.4 is 10.1 Å². The Bertz CT molecular complexity index is 518. The third-order valence-electron chi connectivity index (χ3n) is 3.26. The second-order valence-corrected chi connectivity index (χ2v) is 5.82. The van der Waals surface area contributed by atoms with Gasteiger partial charge in [-0.2, -0.15) is 0 Å². The van der Waals surface area contributed by atoms with Gasteiger partial charge in [0.1, 0.15) is 5.75 Å². The topological polar surface area (TPSA) is 21.3 Å². The number of benzene rings is 1. The number of aryl methyl sites for hydroxylation is 1. The molecule has 3 heteroatoms. The molecule has 2 aromatic rings. The number of hydrogen-bond donors (Lipinski definition) is 1. The lowest BCUT2D eigenvalue weighted by atomic mass is 10.0. The first-order valence-corrected chi connectivity index (χ1v) is 8.14. The van der Waals surface area contributed by atoms with Gasteiger partial charge in [0, 0.05) is 4.88 Å². The fourth-order valence-electron chi connectivity index (χ4n) is 2.22. The van der Waals surface area contributed by atoms with Gasteiger partial charge in [0.15, 0.2) is 0 Å². The molecule has 1 aromatic heterocycles. The predicted octanol–water partition coefficient (Wildman–Crippen LogP) is 4.54. The maximum atomic E-state index is 5.65. The summed E-state index contributed by atoms with van der Waals surface area (Å²) in [5, 5.41) is 5.73. The van der Waals surface area contributed by atoms with Crippen molar-refractivity contribution in [1.82, 2.24) is 5.32 Å². The van der Waals surface area contributed by atoms with Crippen molar-refractivity contribution in [1.29, 1.82) is 0 Å². The summed E-state index contributed by atoms with van der Waals surface area (Å²) >= 11 is 1.82. The van der Waals surface area contributed by atoms with Crippen molar-refractivity contribution in [3.63, 3.8) is 0 Å². The average molecular weight is 289 g/mol. The summed E-state index contributed by atoms with van der Waals surface area (Å²) in [6.45, 7) is 8.18. The highest BCUT2D eigenvalue weighted by atomic mass is 32.1. The maximum Gasteiger partial charge on any atom is 0.119 e. The molecule has 108 valence electrons. The van der Waals surface area contributed by atoms with Crippen molar-refractivity contribution in [3.05, 3.63) is 51.7 Å². The number of hydrogen-bond acceptors (Lipinski definition) is 3. The van der Waals surface area contributed by atoms with Gasteiger partial charge < -0.3 is 10.1 Å². The van der Waals surface area contributed by atoms with Crippen LogP contribution in [0.3, 0.4) is 0 Å². The van der Waals surface area contributed by atoms with Gasteiger partial charge in [-0.1, -0.05) is 26.0 Å². The minimum atomic E-state index is 0.278. The number of thiophene rings is 1. The average Bonchev–Trinajstić information content (AvgIpc) is 2.89. The molecule has 0 spiro atoms. The Balaban J connectivity index is 2.19. The van der Waals surface area contributed by atoms with Crippen LogP contribution in [0.25, 0.3) is 0 Å². The first-order chi connectivity index (χ1) is 9.76. The van der Waals surface area contributed by atoms with Crippen LogP contribution in [0, 0.1) is 6.92 Å². The molecular weight excluding hydrogens is 266 g/mol. The molecule has 20 heavy (non-hydrogen) atoms. The van der Waals surface area contributed by atoms with E-state index in [1.165, 1.54) is 16.0 Å². The van der Waals surface area contributed by atoms with Crippen LogP contribution in [0.4, 0.5) is 0 Å². The highest BCUT2D eigenvalue weighted by molar-refractivity contribution is 7.10. The lowest BCUT2D eigenvalue weighted by molar-refractivity contribution is 0.317. The van der Waals surface area contributed by atoms with Crippen molar-refractivity contribution in [2.45, 2.75) is 33.2 Å². The van der Waals surface area contributed by atoms with Crippen molar-refractivity contribution in [2.75, 3.05) is 13.2 Å². The highest BCUT2D eigenvalue weighted by Crippen LogP contribution is 2.30. The molecule has 0 aliphatic rings. The Kier molecular flexibility index (Phi) is 5.62. The molecule has 0 fully saturated rings. The molecule has 1 aromatic carbocycles. The van der Waals surface area contributed by atoms with Crippen molar-refractivity contribution in [2.24, 2.45) is 0 Å². The summed E-state index contributed by atoms with van der Waals surface area (Å²) in [5.74, 6) is 0.953. The van der Waals surface area contributed by atoms with Gasteiger partial charge in [0.05, 0.1) is 12.6 Å². The molecule has 0 aliphatic carbocycles. The summed E-state index contributed by atoms with van der Waals surface area (Å²) in [4.78, 5) is 1.40. The van der Waals surface area contributed by atoms with Crippen LogP contribution in [0.1, 0.15) is 42.3 Å². The van der Waals surface area contributed by atoms with Gasteiger partial charge in [0.2, 0.25) is 0 Å². The van der Waals surface area contributed by atoms with E-state index in [-0.39, 0.29) is 6.04 Å². The molecule has 0 aliphatic heterocycles. The van der Waals surface area contributed by atoms with E-state index in [4.69, 9.17) is 4.74 Å². The normalized spacial score (nSPS) is 12.3. The van der Waals surface area contributed by atoms with Gasteiger partial charge in [0.25, 0.3) is 0 Å². The smallest absolute Gasteiger partial charge is 0.119 e. The zero-order valence-electron chi connectivity index (χ0n) is 12.5. The molecule has 1 heterocycles. The molecular formula is C17H23NOS. The number of rotatable bonds is 7. The van der Waals surface area contributed by atoms with E-state index in [1.54, 1.807) is 0 Å². The van der Waals surface area contributed by atoms with Gasteiger partial charge in [-0.25, -0.2) is 0 Å². The Morgan fingerprint density at radius 3 is 2.45 bits per heavy atom. The molecule has 0 bridgehead atoms. The largest absolute Gasteiger partial charge is 0.494 e. The Hall–Kier alpha value is -1.32. The van der Waals surface area contributed by atoms with Crippen molar-refractivity contribution < 1.29 is 4.74 Å². The molecule has 0 saturated heterocycles. The first-order valence-electron chi connectivity index (χ1n) is 7.26. The van der Waals surface area contributed by atoms with Crippen LogP contribution in [0.15, 0.2) is 35.7 Å². The van der Waals surface area contributed by atoms with E-state index in [2.05, 4.69) is 61.8 Å². The zero-order valence-corrected chi connectivity index (χ0v) is 13.3. The Labute approximate surface area is 125 Å². The van der Waals surface area contributed by atoms with Crippen LogP contribution in [-0.4, -0.2) is 13.2 Å². The minimum absolute atomic E-state index is 0.278. The Morgan fingerprint density at radius 2 is 1.90 bits per heavy atom. The minimum Gasteiger partial charge on any atom is -0.494 e. The molecule has 2 nitrogen and oxygen atoms in total. The molecule has 1 N–H and O–H groups in total. The quantitative estimate of drug-likeness (QED) is 0.807. The van der Waals surface area contributed by atoms with E-state index < -0.39 is 0 Å². The maximum absolute atomic E-state index is 5.65. The SMILES string of the molecule is CCCOc1ccc(C(NCC)c2sccc2C)cc1. The van der Waals surface area contributed by atoms with Crippen LogP contribution in [0.5, 0.6) is 5.75 Å². The van der Waals surface area contributed by atoms with Crippen LogP contribution in [0.2, 0.25) is 0 Å². The first kappa shape index (κ1) is 15.1. The van der Waals surface area contributed by atoms with Gasteiger partial charge in [-0.05, 0) is 54.6 Å². The number of nitrogens with one attached hydrogen (secondary N) is 1. The summed E-state index contributed by atoms with van der Waals surface area (Å²) in [5.41, 5.74) is 2.65. The third-order valence-corrected chi connectivity index (χ3v) is 4.34. The second kappa shape index (κ2) is 7.46. The van der Waals surface area contributed by atoms with Crippen molar-refractivity contribution in [3.8, 4) is 5.75 Å². The molecule has 1 atom stereocenters. The summed E-state index contributed by atoms with van der Waals surface area (Å²) in [6.07, 6.45) is 1.04. The second-order valence-electron chi connectivity index (χ2n) is 4.88. The van der Waals surface area contributed by atoms with Crippen LogP contribution >= 0.6 is 11.3 Å². The monoisotopic (exact) mass is 289 g/mol. The van der Waals surface area contributed by atoms with Gasteiger partial charge >= 0.3 is 0 Å². The lowest BCUT2D eigenvalue weighted by Gasteiger charge is -2.18. The van der Waals surface area contributed by atoms with Gasteiger partial charge in [-0.3, -0.25) is 0 Å². The molecule has 0 saturated carbocycles. The molecule has 0 amide bonds. The molecule has 2 rings (SSSR count). The Morgan fingerprint density at radius 1 is 1.15 bits per heavy atom. The fraction of sp³-hybridized carbons (Fsp3) is 0.412. The van der Waals surface area contributed by atoms with E-state index >= 15 is 0 Å².